The molecule has 2 unspecified atom stereocenters. The summed E-state index contributed by atoms with van der Waals surface area (Å²) in [5.41, 5.74) is 0.742. The summed E-state index contributed by atoms with van der Waals surface area (Å²) >= 11 is 0. The third kappa shape index (κ3) is 2.86. The molecule has 0 bridgehead atoms. The lowest BCUT2D eigenvalue weighted by molar-refractivity contribution is -0.149. The molecule has 2 N–H and O–H groups in total. The minimum atomic E-state index is -1.13. The number of nitrogens with one attached hydrogen (secondary N) is 1. The zero-order valence-electron chi connectivity index (χ0n) is 11.6. The second-order valence-corrected chi connectivity index (χ2v) is 5.00. The molecule has 6 nitrogen and oxygen atoms in total. The first kappa shape index (κ1) is 15.0. The van der Waals surface area contributed by atoms with Crippen LogP contribution in [0.3, 0.4) is 0 Å². The van der Waals surface area contributed by atoms with E-state index in [1.165, 1.54) is 26.1 Å². The van der Waals surface area contributed by atoms with Crippen LogP contribution in [0.25, 0.3) is 0 Å². The molecule has 0 saturated heterocycles. The maximum Gasteiger partial charge on any atom is 0.326 e. The summed E-state index contributed by atoms with van der Waals surface area (Å²) in [5.74, 6) is -3.34. The van der Waals surface area contributed by atoms with Crippen molar-refractivity contribution in [2.45, 2.75) is 25.3 Å². The van der Waals surface area contributed by atoms with Crippen LogP contribution in [0.4, 0.5) is 10.1 Å². The van der Waals surface area contributed by atoms with E-state index in [4.69, 9.17) is 5.11 Å². The Balaban J connectivity index is 2.34. The summed E-state index contributed by atoms with van der Waals surface area (Å²) in [4.78, 5) is 36.1. The number of hydrogen-bond acceptors (Lipinski definition) is 3. The largest absolute Gasteiger partial charge is 0.480 e. The van der Waals surface area contributed by atoms with E-state index in [0.29, 0.717) is 5.56 Å². The Bertz CT molecular complexity index is 617. The normalized spacial score (nSPS) is 18.4. The predicted octanol–water partition coefficient (Wildman–Crippen LogP) is 1.18. The predicted molar refractivity (Wildman–Crippen MR) is 72.3 cm³/mol. The van der Waals surface area contributed by atoms with E-state index in [-0.39, 0.29) is 12.1 Å². The lowest BCUT2D eigenvalue weighted by Crippen LogP contribution is -2.44. The number of hydrogen-bond donors (Lipinski definition) is 2. The van der Waals surface area contributed by atoms with Gasteiger partial charge in [0.25, 0.3) is 0 Å². The van der Waals surface area contributed by atoms with Crippen LogP contribution in [-0.2, 0) is 14.4 Å². The minimum absolute atomic E-state index is 0.0891. The molecule has 21 heavy (non-hydrogen) atoms. The van der Waals surface area contributed by atoms with Gasteiger partial charge < -0.3 is 15.3 Å². The molecule has 0 spiro atoms. The second kappa shape index (κ2) is 5.51. The number of nitrogens with zero attached hydrogens (tertiary/aromatic N) is 1. The number of benzene rings is 1. The number of halogens is 1. The Hall–Kier alpha value is -2.44. The van der Waals surface area contributed by atoms with Gasteiger partial charge in [0.15, 0.2) is 0 Å². The summed E-state index contributed by atoms with van der Waals surface area (Å²) in [6.07, 6.45) is -0.0891. The maximum atomic E-state index is 13.2. The Morgan fingerprint density at radius 2 is 2.14 bits per heavy atom. The van der Waals surface area contributed by atoms with Crippen molar-refractivity contribution in [3.05, 3.63) is 29.6 Å². The highest BCUT2D eigenvalue weighted by Gasteiger charge is 2.35. The third-order valence-corrected chi connectivity index (χ3v) is 3.64. The molecule has 2 atom stereocenters. The van der Waals surface area contributed by atoms with E-state index >= 15 is 0 Å². The Morgan fingerprint density at radius 3 is 2.76 bits per heavy atom. The quantitative estimate of drug-likeness (QED) is 0.876. The highest BCUT2D eigenvalue weighted by atomic mass is 19.1. The average Bonchev–Trinajstić information content (AvgIpc) is 2.43. The maximum absolute atomic E-state index is 13.2. The monoisotopic (exact) mass is 294 g/mol. The number of likely N-dealkylation sites (N-methyl/N-ethyl adjacent to an activating group) is 1. The first-order valence-corrected chi connectivity index (χ1v) is 6.40. The Labute approximate surface area is 120 Å². The molecule has 0 fully saturated rings. The van der Waals surface area contributed by atoms with Crippen molar-refractivity contribution >= 4 is 23.5 Å². The number of anilines is 1. The Morgan fingerprint density at radius 1 is 1.48 bits per heavy atom. The fourth-order valence-corrected chi connectivity index (χ4v) is 2.26. The van der Waals surface area contributed by atoms with E-state index in [1.807, 2.05) is 0 Å². The van der Waals surface area contributed by atoms with Gasteiger partial charge in [-0.1, -0.05) is 6.07 Å². The van der Waals surface area contributed by atoms with Gasteiger partial charge in [-0.2, -0.15) is 0 Å². The standard InChI is InChI=1S/C14H15FN2O4/c1-7(14(20)21)17(2)13(19)10-6-12(18)16-11-5-8(15)3-4-9(10)11/h3-5,7,10H,6H2,1-2H3,(H,16,18)(H,20,21). The lowest BCUT2D eigenvalue weighted by Gasteiger charge is -2.30. The summed E-state index contributed by atoms with van der Waals surface area (Å²) in [5, 5.41) is 11.5. The van der Waals surface area contributed by atoms with Crippen molar-refractivity contribution in [2.75, 3.05) is 12.4 Å². The van der Waals surface area contributed by atoms with Crippen molar-refractivity contribution in [3.63, 3.8) is 0 Å². The van der Waals surface area contributed by atoms with E-state index in [1.54, 1.807) is 0 Å². The second-order valence-electron chi connectivity index (χ2n) is 5.00. The first-order valence-electron chi connectivity index (χ1n) is 6.40. The van der Waals surface area contributed by atoms with Crippen LogP contribution in [0.1, 0.15) is 24.8 Å². The first-order chi connectivity index (χ1) is 9.81. The van der Waals surface area contributed by atoms with Crippen LogP contribution in [-0.4, -0.2) is 40.9 Å². The van der Waals surface area contributed by atoms with Gasteiger partial charge >= 0.3 is 5.97 Å². The number of carboxylic acid groups (broad SMARTS) is 1. The molecule has 2 amide bonds. The van der Waals surface area contributed by atoms with Gasteiger partial charge in [0.1, 0.15) is 11.9 Å². The highest BCUT2D eigenvalue weighted by Crippen LogP contribution is 2.34. The molecule has 2 rings (SSSR count). The summed E-state index contributed by atoms with van der Waals surface area (Å²) in [6, 6.07) is 2.78. The molecule has 112 valence electrons. The van der Waals surface area contributed by atoms with Crippen LogP contribution < -0.4 is 5.32 Å². The summed E-state index contributed by atoms with van der Waals surface area (Å²) in [7, 11) is 1.37. The number of amides is 2. The molecule has 7 heteroatoms. The molecule has 0 radical (unpaired) electrons. The van der Waals surface area contributed by atoms with Gasteiger partial charge in [-0.15, -0.1) is 0 Å². The molecule has 0 saturated carbocycles. The zero-order chi connectivity index (χ0) is 15.7. The van der Waals surface area contributed by atoms with Crippen molar-refractivity contribution in [1.29, 1.82) is 0 Å². The molecule has 0 aromatic heterocycles. The van der Waals surface area contributed by atoms with Gasteiger partial charge in [0, 0.05) is 19.2 Å². The SMILES string of the molecule is CC(C(=O)O)N(C)C(=O)C1CC(=O)Nc2cc(F)ccc21. The number of fused-ring (bicyclic) bond motifs is 1. The number of aliphatic carboxylic acids is 1. The van der Waals surface area contributed by atoms with E-state index in [9.17, 15) is 18.8 Å². The van der Waals surface area contributed by atoms with Crippen LogP contribution in [0, 0.1) is 5.82 Å². The van der Waals surface area contributed by atoms with Crippen molar-refractivity contribution in [2.24, 2.45) is 0 Å². The average molecular weight is 294 g/mol. The van der Waals surface area contributed by atoms with Gasteiger partial charge in [-0.05, 0) is 24.6 Å². The van der Waals surface area contributed by atoms with Crippen molar-refractivity contribution in [3.8, 4) is 0 Å². The number of carbonyl (C=O) groups is 3. The minimum Gasteiger partial charge on any atom is -0.480 e. The molecule has 0 aliphatic carbocycles. The van der Waals surface area contributed by atoms with Crippen LogP contribution in [0.15, 0.2) is 18.2 Å². The molecule has 1 aliphatic rings. The highest BCUT2D eigenvalue weighted by molar-refractivity contribution is 6.01. The molecule has 1 aromatic rings. The van der Waals surface area contributed by atoms with Crippen LogP contribution in [0.5, 0.6) is 0 Å². The fourth-order valence-electron chi connectivity index (χ4n) is 2.26. The molecule has 1 aliphatic heterocycles. The smallest absolute Gasteiger partial charge is 0.326 e. The van der Waals surface area contributed by atoms with Gasteiger partial charge in [-0.3, -0.25) is 9.59 Å². The van der Waals surface area contributed by atoms with E-state index in [0.717, 1.165) is 11.0 Å². The molecular formula is C14H15FN2O4. The molecule has 1 heterocycles. The topological polar surface area (TPSA) is 86.7 Å². The van der Waals surface area contributed by atoms with E-state index < -0.39 is 35.6 Å². The van der Waals surface area contributed by atoms with Crippen molar-refractivity contribution < 1.29 is 23.9 Å². The third-order valence-electron chi connectivity index (χ3n) is 3.64. The fraction of sp³-hybridized carbons (Fsp3) is 0.357. The van der Waals surface area contributed by atoms with Crippen LogP contribution in [0.2, 0.25) is 0 Å². The molecular weight excluding hydrogens is 279 g/mol. The summed E-state index contributed by atoms with van der Waals surface area (Å²) in [6.45, 7) is 1.38. The molecule has 1 aromatic carbocycles. The summed E-state index contributed by atoms with van der Waals surface area (Å²) < 4.78 is 13.2. The van der Waals surface area contributed by atoms with Crippen LogP contribution >= 0.6 is 0 Å². The van der Waals surface area contributed by atoms with Gasteiger partial charge in [0.2, 0.25) is 11.8 Å². The number of carbonyl (C=O) groups excluding carboxylic acids is 2. The number of carboxylic acids is 1. The zero-order valence-corrected chi connectivity index (χ0v) is 11.6. The number of rotatable bonds is 3. The van der Waals surface area contributed by atoms with E-state index in [2.05, 4.69) is 5.32 Å². The Kier molecular flexibility index (Phi) is 3.93. The van der Waals surface area contributed by atoms with Gasteiger partial charge in [-0.25, -0.2) is 9.18 Å². The van der Waals surface area contributed by atoms with Gasteiger partial charge in [0.05, 0.1) is 5.92 Å². The van der Waals surface area contributed by atoms with Crippen molar-refractivity contribution in [1.82, 2.24) is 4.90 Å². The lowest BCUT2D eigenvalue weighted by atomic mass is 9.89.